The molecule has 4 rings (SSSR count). The number of nitrogens with zero attached hydrogens (tertiary/aromatic N) is 2. The van der Waals surface area contributed by atoms with Crippen molar-refractivity contribution in [2.45, 2.75) is 37.6 Å². The number of piperazine rings is 1. The maximum atomic E-state index is 12.9. The highest BCUT2D eigenvalue weighted by atomic mass is 32.2. The summed E-state index contributed by atoms with van der Waals surface area (Å²) in [5.41, 5.74) is -0.0727. The average Bonchev–Trinajstić information content (AvgIpc) is 3.30. The van der Waals surface area contributed by atoms with Gasteiger partial charge in [0.25, 0.3) is 0 Å². The zero-order chi connectivity index (χ0) is 18.5. The predicted molar refractivity (Wildman–Crippen MR) is 92.4 cm³/mol. The van der Waals surface area contributed by atoms with Crippen molar-refractivity contribution in [2.75, 3.05) is 31.1 Å². The maximum Gasteiger partial charge on any atom is 0.416 e. The lowest BCUT2D eigenvalue weighted by Gasteiger charge is -2.44. The topological polar surface area (TPSA) is 40.6 Å². The minimum Gasteiger partial charge on any atom is -0.296 e. The van der Waals surface area contributed by atoms with Gasteiger partial charge in [0, 0.05) is 38.3 Å². The van der Waals surface area contributed by atoms with Crippen LogP contribution in [0.5, 0.6) is 0 Å². The van der Waals surface area contributed by atoms with E-state index in [2.05, 4.69) is 9.80 Å². The number of sulfone groups is 1. The van der Waals surface area contributed by atoms with E-state index in [0.717, 1.165) is 19.2 Å². The van der Waals surface area contributed by atoms with Gasteiger partial charge in [0.2, 0.25) is 0 Å². The smallest absolute Gasteiger partial charge is 0.296 e. The lowest BCUT2D eigenvalue weighted by molar-refractivity contribution is -0.137. The summed E-state index contributed by atoms with van der Waals surface area (Å²) in [5, 5.41) is 0. The third-order valence-corrected chi connectivity index (χ3v) is 7.43. The van der Waals surface area contributed by atoms with E-state index >= 15 is 0 Å². The van der Waals surface area contributed by atoms with Crippen LogP contribution in [0.3, 0.4) is 0 Å². The summed E-state index contributed by atoms with van der Waals surface area (Å²) in [6, 6.07) is 5.20. The lowest BCUT2D eigenvalue weighted by atomic mass is 10.0. The molecule has 2 atom stereocenters. The molecule has 4 nitrogen and oxygen atoms in total. The fraction of sp³-hybridized carbons (Fsp3) is 0.667. The highest BCUT2D eigenvalue weighted by Gasteiger charge is 2.47. The van der Waals surface area contributed by atoms with E-state index in [9.17, 15) is 21.6 Å². The van der Waals surface area contributed by atoms with Crippen molar-refractivity contribution >= 4 is 9.84 Å². The van der Waals surface area contributed by atoms with Crippen LogP contribution in [0.15, 0.2) is 24.3 Å². The number of rotatable bonds is 4. The molecule has 3 aliphatic rings. The van der Waals surface area contributed by atoms with Crippen LogP contribution in [-0.2, 0) is 22.6 Å². The van der Waals surface area contributed by atoms with Gasteiger partial charge in [0.15, 0.2) is 9.84 Å². The van der Waals surface area contributed by atoms with E-state index in [0.29, 0.717) is 24.6 Å². The van der Waals surface area contributed by atoms with Gasteiger partial charge in [0.1, 0.15) is 0 Å². The van der Waals surface area contributed by atoms with Crippen molar-refractivity contribution in [2.24, 2.45) is 5.92 Å². The molecule has 2 aliphatic heterocycles. The first-order valence-corrected chi connectivity index (χ1v) is 10.9. The van der Waals surface area contributed by atoms with E-state index in [1.54, 1.807) is 6.07 Å². The van der Waals surface area contributed by atoms with Crippen molar-refractivity contribution in [3.05, 3.63) is 35.4 Å². The average molecular weight is 388 g/mol. The molecule has 0 unspecified atom stereocenters. The Hall–Kier alpha value is -1.12. The SMILES string of the molecule is O=S1(=O)C[C@@H]2[C@H](C1)N(Cc1cccc(C(F)(F)F)c1)CCN2CC1CC1. The van der Waals surface area contributed by atoms with E-state index in [4.69, 9.17) is 0 Å². The molecule has 0 aromatic heterocycles. The molecule has 144 valence electrons. The zero-order valence-corrected chi connectivity index (χ0v) is 15.3. The first-order valence-electron chi connectivity index (χ1n) is 9.06. The molecule has 8 heteroatoms. The molecule has 0 bridgehead atoms. The van der Waals surface area contributed by atoms with Gasteiger partial charge in [0.05, 0.1) is 17.1 Å². The molecule has 2 saturated heterocycles. The second-order valence-corrected chi connectivity index (χ2v) is 9.97. The minimum atomic E-state index is -4.36. The summed E-state index contributed by atoms with van der Waals surface area (Å²) in [7, 11) is -3.10. The molecule has 3 fully saturated rings. The van der Waals surface area contributed by atoms with Gasteiger partial charge in [-0.2, -0.15) is 13.2 Å². The van der Waals surface area contributed by atoms with Gasteiger partial charge in [-0.15, -0.1) is 0 Å². The van der Waals surface area contributed by atoms with E-state index < -0.39 is 21.6 Å². The highest BCUT2D eigenvalue weighted by Crippen LogP contribution is 2.35. The van der Waals surface area contributed by atoms with Crippen molar-refractivity contribution in [3.63, 3.8) is 0 Å². The maximum absolute atomic E-state index is 12.9. The lowest BCUT2D eigenvalue weighted by Crippen LogP contribution is -2.59. The van der Waals surface area contributed by atoms with Crippen LogP contribution < -0.4 is 0 Å². The van der Waals surface area contributed by atoms with Gasteiger partial charge < -0.3 is 0 Å². The highest BCUT2D eigenvalue weighted by molar-refractivity contribution is 7.91. The molecule has 1 aromatic carbocycles. The van der Waals surface area contributed by atoms with E-state index in [-0.39, 0.29) is 23.6 Å². The van der Waals surface area contributed by atoms with Crippen LogP contribution in [0.1, 0.15) is 24.0 Å². The van der Waals surface area contributed by atoms with E-state index in [1.807, 2.05) is 0 Å². The van der Waals surface area contributed by atoms with Crippen LogP contribution in [0.4, 0.5) is 13.2 Å². The fourth-order valence-corrected chi connectivity index (χ4v) is 6.27. The summed E-state index contributed by atoms with van der Waals surface area (Å²) in [6.45, 7) is 2.79. The third-order valence-electron chi connectivity index (χ3n) is 5.74. The fourth-order valence-electron chi connectivity index (χ4n) is 4.23. The van der Waals surface area contributed by atoms with Gasteiger partial charge in [-0.3, -0.25) is 9.80 Å². The zero-order valence-electron chi connectivity index (χ0n) is 14.5. The van der Waals surface area contributed by atoms with Crippen LogP contribution in [0, 0.1) is 5.92 Å². The summed E-state index contributed by atoms with van der Waals surface area (Å²) in [6.07, 6.45) is -1.93. The van der Waals surface area contributed by atoms with E-state index in [1.165, 1.54) is 25.0 Å². The second-order valence-electron chi connectivity index (χ2n) is 7.82. The molecule has 1 aliphatic carbocycles. The van der Waals surface area contributed by atoms with Crippen LogP contribution in [0.25, 0.3) is 0 Å². The molecule has 0 radical (unpaired) electrons. The number of hydrogen-bond donors (Lipinski definition) is 0. The molecular formula is C18H23F3N2O2S. The molecule has 0 N–H and O–H groups in total. The van der Waals surface area contributed by atoms with Crippen molar-refractivity contribution in [1.29, 1.82) is 0 Å². The summed E-state index contributed by atoms with van der Waals surface area (Å²) < 4.78 is 63.3. The molecule has 1 aromatic rings. The molecule has 1 saturated carbocycles. The van der Waals surface area contributed by atoms with Gasteiger partial charge in [-0.05, 0) is 30.4 Å². The molecule has 0 amide bonds. The van der Waals surface area contributed by atoms with Crippen molar-refractivity contribution in [3.8, 4) is 0 Å². The first kappa shape index (κ1) is 18.3. The Balaban J connectivity index is 1.52. The normalized spacial score (nSPS) is 29.7. The summed E-state index contributed by atoms with van der Waals surface area (Å²) in [5.74, 6) is 0.968. The standard InChI is InChI=1S/C18H23F3N2O2S/c19-18(20,21)15-3-1-2-14(8-15)10-23-7-6-22(9-13-4-5-13)16-11-26(24,25)12-17(16)23/h1-3,8,13,16-17H,4-7,9-12H2/t16-,17+/m1/s1. The minimum absolute atomic E-state index is 0.0276. The predicted octanol–water partition coefficient (Wildman–Crippen LogP) is 2.40. The number of benzene rings is 1. The Morgan fingerprint density at radius 2 is 1.69 bits per heavy atom. The largest absolute Gasteiger partial charge is 0.416 e. The Bertz CT molecular complexity index is 777. The number of fused-ring (bicyclic) bond motifs is 1. The Morgan fingerprint density at radius 1 is 1.04 bits per heavy atom. The van der Waals surface area contributed by atoms with Gasteiger partial charge in [-0.25, -0.2) is 8.42 Å². The van der Waals surface area contributed by atoms with Crippen LogP contribution in [-0.4, -0.2) is 61.4 Å². The first-order chi connectivity index (χ1) is 12.2. The van der Waals surface area contributed by atoms with Gasteiger partial charge in [-0.1, -0.05) is 18.2 Å². The number of hydrogen-bond acceptors (Lipinski definition) is 4. The molecule has 2 heterocycles. The third kappa shape index (κ3) is 3.92. The molecule has 0 spiro atoms. The Kier molecular flexibility index (Phi) is 4.56. The van der Waals surface area contributed by atoms with Crippen LogP contribution >= 0.6 is 0 Å². The second kappa shape index (κ2) is 6.49. The molecule has 26 heavy (non-hydrogen) atoms. The quantitative estimate of drug-likeness (QED) is 0.794. The monoisotopic (exact) mass is 388 g/mol. The molecular weight excluding hydrogens is 365 g/mol. The van der Waals surface area contributed by atoms with Crippen molar-refractivity contribution < 1.29 is 21.6 Å². The number of halogens is 3. The Morgan fingerprint density at radius 3 is 2.35 bits per heavy atom. The summed E-state index contributed by atoms with van der Waals surface area (Å²) in [4.78, 5) is 4.36. The van der Waals surface area contributed by atoms with Crippen LogP contribution in [0.2, 0.25) is 0 Å². The summed E-state index contributed by atoms with van der Waals surface area (Å²) >= 11 is 0. The number of alkyl halides is 3. The van der Waals surface area contributed by atoms with Gasteiger partial charge >= 0.3 is 6.18 Å². The Labute approximate surface area is 151 Å². The van der Waals surface area contributed by atoms with Crippen molar-refractivity contribution in [1.82, 2.24) is 9.80 Å².